The van der Waals surface area contributed by atoms with Crippen molar-refractivity contribution in [3.63, 3.8) is 0 Å². The van der Waals surface area contributed by atoms with Crippen molar-refractivity contribution in [3.8, 4) is 5.75 Å². The molecule has 0 saturated heterocycles. The van der Waals surface area contributed by atoms with E-state index in [2.05, 4.69) is 10.3 Å². The third kappa shape index (κ3) is 2.36. The fourth-order valence-corrected chi connectivity index (χ4v) is 2.48. The number of nitrogens with one attached hydrogen (secondary N) is 1. The summed E-state index contributed by atoms with van der Waals surface area (Å²) >= 11 is 1.45. The molecule has 1 aliphatic carbocycles. The largest absolute Gasteiger partial charge is 0.508 e. The van der Waals surface area contributed by atoms with Crippen LogP contribution in [0.25, 0.3) is 0 Å². The number of rotatable bonds is 3. The maximum atomic E-state index is 11.9. The van der Waals surface area contributed by atoms with Gasteiger partial charge in [0.1, 0.15) is 5.75 Å². The predicted molar refractivity (Wildman–Crippen MR) is 70.1 cm³/mol. The van der Waals surface area contributed by atoms with Crippen LogP contribution in [0.5, 0.6) is 5.75 Å². The van der Waals surface area contributed by atoms with Gasteiger partial charge >= 0.3 is 0 Å². The second-order valence-electron chi connectivity index (χ2n) is 4.35. The third-order valence-electron chi connectivity index (χ3n) is 2.87. The van der Waals surface area contributed by atoms with E-state index in [-0.39, 0.29) is 11.7 Å². The molecule has 1 amide bonds. The van der Waals surface area contributed by atoms with Crippen LogP contribution in [0.3, 0.4) is 0 Å². The fourth-order valence-electron chi connectivity index (χ4n) is 1.69. The molecule has 5 heteroatoms. The number of carbonyl (C=O) groups is 1. The number of hydrogen-bond donors (Lipinski definition) is 2. The van der Waals surface area contributed by atoms with Gasteiger partial charge in [-0.3, -0.25) is 10.1 Å². The highest BCUT2D eigenvalue weighted by Crippen LogP contribution is 2.40. The number of phenolic OH excluding ortho intramolecular Hbond substituents is 1. The van der Waals surface area contributed by atoms with Crippen molar-refractivity contribution >= 4 is 22.4 Å². The average Bonchev–Trinajstić information content (AvgIpc) is 3.11. The number of aromatic hydroxyl groups is 1. The van der Waals surface area contributed by atoms with Crippen molar-refractivity contribution in [1.82, 2.24) is 4.98 Å². The minimum atomic E-state index is -0.202. The highest BCUT2D eigenvalue weighted by Gasteiger charge is 2.26. The summed E-state index contributed by atoms with van der Waals surface area (Å²) in [5, 5.41) is 14.6. The summed E-state index contributed by atoms with van der Waals surface area (Å²) in [5.74, 6) is 0.545. The van der Waals surface area contributed by atoms with Gasteiger partial charge in [-0.15, -0.1) is 11.3 Å². The first-order valence-corrected chi connectivity index (χ1v) is 6.66. The number of phenols is 1. The van der Waals surface area contributed by atoms with Crippen LogP contribution >= 0.6 is 11.3 Å². The summed E-state index contributed by atoms with van der Waals surface area (Å²) < 4.78 is 0. The number of anilines is 1. The Balaban J connectivity index is 1.70. The summed E-state index contributed by atoms with van der Waals surface area (Å²) in [6.45, 7) is 0. The number of carbonyl (C=O) groups excluding carboxylic acids is 1. The molecule has 0 bridgehead atoms. The first-order valence-electron chi connectivity index (χ1n) is 5.78. The molecule has 2 aromatic rings. The molecule has 4 nitrogen and oxygen atoms in total. The van der Waals surface area contributed by atoms with E-state index in [4.69, 9.17) is 5.11 Å². The van der Waals surface area contributed by atoms with Gasteiger partial charge in [-0.2, -0.15) is 0 Å². The molecule has 1 fully saturated rings. The topological polar surface area (TPSA) is 62.2 Å². The molecule has 0 radical (unpaired) electrons. The lowest BCUT2D eigenvalue weighted by atomic mass is 10.2. The molecule has 1 heterocycles. The van der Waals surface area contributed by atoms with Crippen molar-refractivity contribution < 1.29 is 9.90 Å². The third-order valence-corrected chi connectivity index (χ3v) is 3.64. The average molecular weight is 260 g/mol. The summed E-state index contributed by atoms with van der Waals surface area (Å²) in [6.07, 6.45) is 2.41. The summed E-state index contributed by atoms with van der Waals surface area (Å²) in [6, 6.07) is 6.15. The Morgan fingerprint density at radius 3 is 2.72 bits per heavy atom. The van der Waals surface area contributed by atoms with Crippen LogP contribution in [-0.2, 0) is 0 Å². The van der Waals surface area contributed by atoms with E-state index in [1.165, 1.54) is 36.3 Å². The van der Waals surface area contributed by atoms with Gasteiger partial charge in [-0.25, -0.2) is 4.98 Å². The number of nitrogens with zero attached hydrogens (tertiary/aromatic N) is 1. The lowest BCUT2D eigenvalue weighted by Crippen LogP contribution is -2.11. The number of aromatic nitrogens is 1. The molecule has 0 aliphatic heterocycles. The van der Waals surface area contributed by atoms with Gasteiger partial charge in [0.05, 0.1) is 5.69 Å². The Morgan fingerprint density at radius 1 is 1.33 bits per heavy atom. The number of amides is 1. The van der Waals surface area contributed by atoms with Crippen molar-refractivity contribution in [3.05, 3.63) is 40.9 Å². The van der Waals surface area contributed by atoms with Crippen LogP contribution in [0, 0.1) is 0 Å². The lowest BCUT2D eigenvalue weighted by Gasteiger charge is -2.01. The molecule has 2 N–H and O–H groups in total. The van der Waals surface area contributed by atoms with Crippen LogP contribution in [0.4, 0.5) is 5.13 Å². The summed E-state index contributed by atoms with van der Waals surface area (Å²) in [4.78, 5) is 16.3. The molecule has 92 valence electrons. The van der Waals surface area contributed by atoms with Gasteiger partial charge in [0, 0.05) is 16.9 Å². The van der Waals surface area contributed by atoms with E-state index >= 15 is 0 Å². The van der Waals surface area contributed by atoms with Crippen molar-refractivity contribution in [2.45, 2.75) is 18.8 Å². The first kappa shape index (κ1) is 11.2. The number of thiazole rings is 1. The van der Waals surface area contributed by atoms with E-state index in [9.17, 15) is 4.79 Å². The van der Waals surface area contributed by atoms with E-state index in [1.807, 2.05) is 5.38 Å². The zero-order valence-electron chi connectivity index (χ0n) is 9.59. The molecule has 1 aromatic heterocycles. The fraction of sp³-hybridized carbons (Fsp3) is 0.231. The van der Waals surface area contributed by atoms with Gasteiger partial charge < -0.3 is 5.11 Å². The van der Waals surface area contributed by atoms with Crippen LogP contribution in [0.15, 0.2) is 29.6 Å². The first-order chi connectivity index (χ1) is 8.72. The second-order valence-corrected chi connectivity index (χ2v) is 5.21. The van der Waals surface area contributed by atoms with Gasteiger partial charge in [0.2, 0.25) is 0 Å². The molecule has 1 aromatic carbocycles. The minimum absolute atomic E-state index is 0.150. The number of benzene rings is 1. The minimum Gasteiger partial charge on any atom is -0.508 e. The molecular formula is C13H12N2O2S. The van der Waals surface area contributed by atoms with Crippen molar-refractivity contribution in [2.24, 2.45) is 0 Å². The van der Waals surface area contributed by atoms with Crippen LogP contribution in [0.2, 0.25) is 0 Å². The highest BCUT2D eigenvalue weighted by molar-refractivity contribution is 7.14. The van der Waals surface area contributed by atoms with Gasteiger partial charge in [0.15, 0.2) is 5.13 Å². The van der Waals surface area contributed by atoms with Crippen molar-refractivity contribution in [1.29, 1.82) is 0 Å². The maximum absolute atomic E-state index is 11.9. The SMILES string of the molecule is O=C(Nc1nc(C2CC2)cs1)c1ccc(O)cc1. The quantitative estimate of drug-likeness (QED) is 0.891. The predicted octanol–water partition coefficient (Wildman–Crippen LogP) is 2.98. The normalized spacial score (nSPS) is 14.4. The molecule has 1 saturated carbocycles. The van der Waals surface area contributed by atoms with Gasteiger partial charge in [-0.1, -0.05) is 0 Å². The Morgan fingerprint density at radius 2 is 2.06 bits per heavy atom. The smallest absolute Gasteiger partial charge is 0.257 e. The van der Waals surface area contributed by atoms with Gasteiger partial charge in [-0.05, 0) is 37.1 Å². The van der Waals surface area contributed by atoms with E-state index in [1.54, 1.807) is 12.1 Å². The Hall–Kier alpha value is -1.88. The molecule has 0 spiro atoms. The molecular weight excluding hydrogens is 248 g/mol. The monoisotopic (exact) mass is 260 g/mol. The zero-order valence-corrected chi connectivity index (χ0v) is 10.4. The van der Waals surface area contributed by atoms with Crippen LogP contribution in [-0.4, -0.2) is 16.0 Å². The molecule has 3 rings (SSSR count). The zero-order chi connectivity index (χ0) is 12.5. The highest BCUT2D eigenvalue weighted by atomic mass is 32.1. The van der Waals surface area contributed by atoms with Crippen molar-refractivity contribution in [2.75, 3.05) is 5.32 Å². The molecule has 0 unspecified atom stereocenters. The molecule has 18 heavy (non-hydrogen) atoms. The van der Waals surface area contributed by atoms with E-state index in [0.717, 1.165) is 5.69 Å². The number of hydrogen-bond acceptors (Lipinski definition) is 4. The lowest BCUT2D eigenvalue weighted by molar-refractivity contribution is 0.102. The Kier molecular flexibility index (Phi) is 2.76. The second kappa shape index (κ2) is 4.42. The Bertz CT molecular complexity index is 573. The Labute approximate surface area is 108 Å². The summed E-state index contributed by atoms with van der Waals surface area (Å²) in [5.41, 5.74) is 1.59. The summed E-state index contributed by atoms with van der Waals surface area (Å²) in [7, 11) is 0. The molecule has 0 atom stereocenters. The van der Waals surface area contributed by atoms with Crippen LogP contribution < -0.4 is 5.32 Å². The van der Waals surface area contributed by atoms with E-state index < -0.39 is 0 Å². The molecule has 1 aliphatic rings. The maximum Gasteiger partial charge on any atom is 0.257 e. The van der Waals surface area contributed by atoms with E-state index in [0.29, 0.717) is 16.6 Å². The van der Waals surface area contributed by atoms with Crippen LogP contribution in [0.1, 0.15) is 34.8 Å². The van der Waals surface area contributed by atoms with Gasteiger partial charge in [0.25, 0.3) is 5.91 Å². The standard InChI is InChI=1S/C13H12N2O2S/c16-10-5-3-9(4-6-10)12(17)15-13-14-11(7-18-13)8-1-2-8/h3-8,16H,1-2H2,(H,14,15,17).